The summed E-state index contributed by atoms with van der Waals surface area (Å²) in [6.45, 7) is 5.90. The van der Waals surface area contributed by atoms with Gasteiger partial charge in [-0.1, -0.05) is 0 Å². The second-order valence-electron chi connectivity index (χ2n) is 8.27. The van der Waals surface area contributed by atoms with E-state index in [2.05, 4.69) is 31.0 Å². The number of aryl methyl sites for hydroxylation is 1. The van der Waals surface area contributed by atoms with Gasteiger partial charge in [-0.25, -0.2) is 10.0 Å². The number of hydrogen-bond donors (Lipinski definition) is 1. The molecule has 1 amide bonds. The van der Waals surface area contributed by atoms with Crippen molar-refractivity contribution in [3.05, 3.63) is 58.5 Å². The number of aromatic nitrogens is 4. The summed E-state index contributed by atoms with van der Waals surface area (Å²) in [4.78, 5) is 28.3. The highest BCUT2D eigenvalue weighted by Crippen LogP contribution is 2.29. The summed E-state index contributed by atoms with van der Waals surface area (Å²) >= 11 is 3.38. The van der Waals surface area contributed by atoms with Gasteiger partial charge in [0.15, 0.2) is 0 Å². The van der Waals surface area contributed by atoms with Crippen molar-refractivity contribution in [3.8, 4) is 0 Å². The van der Waals surface area contributed by atoms with E-state index in [4.69, 9.17) is 10.6 Å². The monoisotopic (exact) mass is 482 g/mol. The first-order chi connectivity index (χ1) is 14.6. The van der Waals surface area contributed by atoms with Crippen molar-refractivity contribution >= 4 is 49.5 Å². The van der Waals surface area contributed by atoms with E-state index in [0.717, 1.165) is 20.8 Å². The molecule has 31 heavy (non-hydrogen) atoms. The molecule has 1 aromatic carbocycles. The second kappa shape index (κ2) is 7.90. The Balaban J connectivity index is 1.76. The minimum atomic E-state index is -0.562. The van der Waals surface area contributed by atoms with E-state index >= 15 is 0 Å². The predicted octanol–water partition coefficient (Wildman–Crippen LogP) is 4.23. The minimum Gasteiger partial charge on any atom is -0.383 e. The van der Waals surface area contributed by atoms with Crippen LogP contribution in [0.3, 0.4) is 0 Å². The molecule has 0 atom stereocenters. The summed E-state index contributed by atoms with van der Waals surface area (Å²) in [6.07, 6.45) is 3.38. The standard InChI is InChI=1S/C22H23BrN6O2/c1-22(2,3)31-29(12-15-7-6-14(23)10-25-15)21(30)13-5-8-18-16(9-13)19-17(20(24)27-18)11-26-28(19)4/h5-11H,12H2,1-4H3,(H2,24,27). The maximum Gasteiger partial charge on any atom is 0.277 e. The zero-order valence-electron chi connectivity index (χ0n) is 17.8. The van der Waals surface area contributed by atoms with Gasteiger partial charge in [0, 0.05) is 28.7 Å². The SMILES string of the molecule is Cn1ncc2c(N)nc3ccc(C(=O)N(Cc4ccc(Br)cn4)OC(C)(C)C)cc3c21. The van der Waals surface area contributed by atoms with Gasteiger partial charge in [-0.05, 0) is 67.0 Å². The number of halogens is 1. The van der Waals surface area contributed by atoms with Crippen LogP contribution in [-0.4, -0.2) is 36.3 Å². The fourth-order valence-electron chi connectivity index (χ4n) is 3.36. The Morgan fingerprint density at radius 2 is 1.97 bits per heavy atom. The highest BCUT2D eigenvalue weighted by atomic mass is 79.9. The Hall–Kier alpha value is -3.04. The molecule has 4 aromatic rings. The third kappa shape index (κ3) is 4.38. The van der Waals surface area contributed by atoms with Gasteiger partial charge in [0.05, 0.1) is 40.5 Å². The number of carbonyl (C=O) groups is 1. The van der Waals surface area contributed by atoms with Crippen molar-refractivity contribution in [3.63, 3.8) is 0 Å². The molecule has 2 N–H and O–H groups in total. The van der Waals surface area contributed by atoms with Gasteiger partial charge in [0.25, 0.3) is 5.91 Å². The first-order valence-corrected chi connectivity index (χ1v) is 10.5. The van der Waals surface area contributed by atoms with Crippen LogP contribution < -0.4 is 5.73 Å². The molecule has 0 aliphatic carbocycles. The Kier molecular flexibility index (Phi) is 5.40. The van der Waals surface area contributed by atoms with Gasteiger partial charge < -0.3 is 5.73 Å². The minimum absolute atomic E-state index is 0.211. The van der Waals surface area contributed by atoms with Crippen molar-refractivity contribution in [1.29, 1.82) is 0 Å². The summed E-state index contributed by atoms with van der Waals surface area (Å²) in [6, 6.07) is 9.06. The second-order valence-corrected chi connectivity index (χ2v) is 9.19. The van der Waals surface area contributed by atoms with Crippen LogP contribution in [0.25, 0.3) is 21.8 Å². The molecule has 3 aromatic heterocycles. The molecule has 3 heterocycles. The van der Waals surface area contributed by atoms with Gasteiger partial charge >= 0.3 is 0 Å². The predicted molar refractivity (Wildman–Crippen MR) is 123 cm³/mol. The van der Waals surface area contributed by atoms with Crippen LogP contribution in [0.4, 0.5) is 5.82 Å². The number of amides is 1. The molecule has 0 aliphatic rings. The molecule has 0 spiro atoms. The van der Waals surface area contributed by atoms with Crippen LogP contribution in [-0.2, 0) is 18.4 Å². The zero-order valence-corrected chi connectivity index (χ0v) is 19.3. The number of hydroxylamine groups is 2. The molecule has 8 nitrogen and oxygen atoms in total. The van der Waals surface area contributed by atoms with E-state index < -0.39 is 5.60 Å². The van der Waals surface area contributed by atoms with E-state index in [1.165, 1.54) is 5.06 Å². The number of anilines is 1. The van der Waals surface area contributed by atoms with Crippen molar-refractivity contribution in [2.75, 3.05) is 5.73 Å². The van der Waals surface area contributed by atoms with Crippen LogP contribution in [0.15, 0.2) is 47.2 Å². The number of nitrogens with two attached hydrogens (primary N) is 1. The average Bonchev–Trinajstić information content (AvgIpc) is 3.10. The first kappa shape index (κ1) is 21.2. The lowest BCUT2D eigenvalue weighted by Crippen LogP contribution is -2.38. The van der Waals surface area contributed by atoms with Crippen LogP contribution in [0, 0.1) is 0 Å². The van der Waals surface area contributed by atoms with Gasteiger partial charge in [0.2, 0.25) is 0 Å². The van der Waals surface area contributed by atoms with Gasteiger partial charge in [0.1, 0.15) is 5.82 Å². The third-order valence-electron chi connectivity index (χ3n) is 4.66. The number of nitrogens with zero attached hydrogens (tertiary/aromatic N) is 5. The molecule has 0 saturated heterocycles. The fraction of sp³-hybridized carbons (Fsp3) is 0.273. The van der Waals surface area contributed by atoms with E-state index in [1.807, 2.05) is 46.0 Å². The maximum absolute atomic E-state index is 13.5. The molecule has 0 saturated carbocycles. The zero-order chi connectivity index (χ0) is 22.3. The number of carbonyl (C=O) groups excluding carboxylic acids is 1. The summed E-state index contributed by atoms with van der Waals surface area (Å²) in [5.74, 6) is 0.141. The molecule has 9 heteroatoms. The molecule has 0 unspecified atom stereocenters. The Morgan fingerprint density at radius 1 is 1.19 bits per heavy atom. The van der Waals surface area contributed by atoms with Crippen molar-refractivity contribution < 1.29 is 9.63 Å². The highest BCUT2D eigenvalue weighted by Gasteiger charge is 2.25. The summed E-state index contributed by atoms with van der Waals surface area (Å²) in [5.41, 5.74) is 8.23. The summed E-state index contributed by atoms with van der Waals surface area (Å²) < 4.78 is 2.60. The Labute approximate surface area is 188 Å². The molecule has 0 bridgehead atoms. The van der Waals surface area contributed by atoms with Crippen molar-refractivity contribution in [2.24, 2.45) is 7.05 Å². The van der Waals surface area contributed by atoms with Crippen LogP contribution in [0.5, 0.6) is 0 Å². The van der Waals surface area contributed by atoms with Crippen molar-refractivity contribution in [2.45, 2.75) is 32.9 Å². The molecule has 160 valence electrons. The lowest BCUT2D eigenvalue weighted by molar-refractivity contribution is -0.201. The number of rotatable bonds is 4. The number of pyridine rings is 2. The van der Waals surface area contributed by atoms with Crippen molar-refractivity contribution in [1.82, 2.24) is 24.8 Å². The van der Waals surface area contributed by atoms with E-state index in [-0.39, 0.29) is 12.5 Å². The number of fused-ring (bicyclic) bond motifs is 3. The number of benzene rings is 1. The van der Waals surface area contributed by atoms with Gasteiger partial charge in [-0.2, -0.15) is 5.10 Å². The molecular formula is C22H23BrN6O2. The van der Waals surface area contributed by atoms with Gasteiger partial charge in [-0.15, -0.1) is 0 Å². The number of hydrogen-bond acceptors (Lipinski definition) is 6. The maximum atomic E-state index is 13.5. The molecule has 0 fully saturated rings. The van der Waals surface area contributed by atoms with Crippen LogP contribution in [0.1, 0.15) is 36.8 Å². The largest absolute Gasteiger partial charge is 0.383 e. The summed E-state index contributed by atoms with van der Waals surface area (Å²) in [7, 11) is 1.84. The van der Waals surface area contributed by atoms with Crippen LogP contribution >= 0.6 is 15.9 Å². The van der Waals surface area contributed by atoms with E-state index in [0.29, 0.717) is 22.6 Å². The Morgan fingerprint density at radius 3 is 2.65 bits per heavy atom. The van der Waals surface area contributed by atoms with E-state index in [1.54, 1.807) is 29.2 Å². The van der Waals surface area contributed by atoms with Crippen LogP contribution in [0.2, 0.25) is 0 Å². The molecule has 0 aliphatic heterocycles. The third-order valence-corrected chi connectivity index (χ3v) is 5.13. The smallest absolute Gasteiger partial charge is 0.277 e. The lowest BCUT2D eigenvalue weighted by atomic mass is 10.1. The Bertz CT molecular complexity index is 1280. The highest BCUT2D eigenvalue weighted by molar-refractivity contribution is 9.10. The summed E-state index contributed by atoms with van der Waals surface area (Å²) in [5, 5.41) is 7.19. The normalized spacial score (nSPS) is 11.9. The average molecular weight is 483 g/mol. The van der Waals surface area contributed by atoms with Gasteiger partial charge in [-0.3, -0.25) is 19.3 Å². The number of nitrogen functional groups attached to an aromatic ring is 1. The van der Waals surface area contributed by atoms with E-state index in [9.17, 15) is 4.79 Å². The first-order valence-electron chi connectivity index (χ1n) is 9.75. The molecule has 4 rings (SSSR count). The lowest BCUT2D eigenvalue weighted by Gasteiger charge is -2.29. The quantitative estimate of drug-likeness (QED) is 0.436. The molecular weight excluding hydrogens is 460 g/mol. The molecule has 0 radical (unpaired) electrons. The topological polar surface area (TPSA) is 99.2 Å². The fourth-order valence-corrected chi connectivity index (χ4v) is 3.59.